The fourth-order valence-electron chi connectivity index (χ4n) is 1.81. The van der Waals surface area contributed by atoms with Gasteiger partial charge in [-0.1, -0.05) is 0 Å². The standard InChI is InChI=1S/C11H11NO5/c1-16-9-5-8(11(15)17-2)12-7(9)3-6(13)4-10(12)14/h3-5,8,13H,1-2H3/t8-/m0/s1. The number of hydrogen-bond acceptors (Lipinski definition) is 5. The second-order valence-electron chi connectivity index (χ2n) is 3.51. The number of fused-ring (bicyclic) bond motifs is 1. The van der Waals surface area contributed by atoms with Crippen LogP contribution in [0.15, 0.2) is 23.0 Å². The number of ether oxygens (including phenoxy) is 2. The molecule has 0 bridgehead atoms. The van der Waals surface area contributed by atoms with Crippen molar-refractivity contribution in [3.63, 3.8) is 0 Å². The van der Waals surface area contributed by atoms with Crippen LogP contribution in [0.3, 0.4) is 0 Å². The van der Waals surface area contributed by atoms with Gasteiger partial charge in [-0.25, -0.2) is 4.79 Å². The first-order chi connectivity index (χ1) is 8.08. The number of esters is 1. The number of aromatic hydroxyl groups is 1. The van der Waals surface area contributed by atoms with E-state index in [2.05, 4.69) is 4.74 Å². The summed E-state index contributed by atoms with van der Waals surface area (Å²) in [6, 6.07) is 1.55. The van der Waals surface area contributed by atoms with Gasteiger partial charge in [0.2, 0.25) is 0 Å². The molecule has 0 radical (unpaired) electrons. The molecule has 0 aromatic carbocycles. The Bertz CT molecular complexity index is 557. The minimum absolute atomic E-state index is 0.172. The van der Waals surface area contributed by atoms with Gasteiger partial charge in [0.05, 0.1) is 19.9 Å². The van der Waals surface area contributed by atoms with Crippen molar-refractivity contribution in [3.8, 4) is 5.75 Å². The molecule has 1 N–H and O–H groups in total. The summed E-state index contributed by atoms with van der Waals surface area (Å²) in [4.78, 5) is 23.3. The lowest BCUT2D eigenvalue weighted by atomic mass is 10.3. The molecule has 0 saturated carbocycles. The van der Waals surface area contributed by atoms with Crippen LogP contribution >= 0.6 is 0 Å². The van der Waals surface area contributed by atoms with Gasteiger partial charge < -0.3 is 14.6 Å². The summed E-state index contributed by atoms with van der Waals surface area (Å²) in [6.45, 7) is 0. The van der Waals surface area contributed by atoms with Crippen LogP contribution in [0, 0.1) is 0 Å². The number of hydrogen-bond donors (Lipinski definition) is 1. The van der Waals surface area contributed by atoms with Gasteiger partial charge in [0.1, 0.15) is 11.5 Å². The predicted molar refractivity (Wildman–Crippen MR) is 58.4 cm³/mol. The van der Waals surface area contributed by atoms with Crippen LogP contribution in [0.25, 0.3) is 5.76 Å². The average Bonchev–Trinajstić information content (AvgIpc) is 2.66. The van der Waals surface area contributed by atoms with E-state index in [4.69, 9.17) is 4.74 Å². The first kappa shape index (κ1) is 11.3. The second-order valence-corrected chi connectivity index (χ2v) is 3.51. The number of carbonyl (C=O) groups excluding carboxylic acids is 1. The molecule has 0 unspecified atom stereocenters. The van der Waals surface area contributed by atoms with E-state index in [1.807, 2.05) is 0 Å². The molecule has 17 heavy (non-hydrogen) atoms. The second kappa shape index (κ2) is 3.97. The van der Waals surface area contributed by atoms with Crippen LogP contribution in [0.5, 0.6) is 5.75 Å². The molecule has 0 aliphatic carbocycles. The Kier molecular flexibility index (Phi) is 2.63. The summed E-state index contributed by atoms with van der Waals surface area (Å²) in [5.74, 6) is -0.380. The highest BCUT2D eigenvalue weighted by molar-refractivity contribution is 5.82. The zero-order chi connectivity index (χ0) is 12.6. The highest BCUT2D eigenvalue weighted by Crippen LogP contribution is 2.30. The summed E-state index contributed by atoms with van der Waals surface area (Å²) in [5.41, 5.74) is -0.133. The minimum Gasteiger partial charge on any atom is -0.508 e. The van der Waals surface area contributed by atoms with Crippen LogP contribution < -0.4 is 5.56 Å². The van der Waals surface area contributed by atoms with Crippen molar-refractivity contribution >= 4 is 11.7 Å². The van der Waals surface area contributed by atoms with Gasteiger partial charge >= 0.3 is 5.97 Å². The molecule has 0 amide bonds. The Morgan fingerprint density at radius 2 is 2.12 bits per heavy atom. The maximum Gasteiger partial charge on any atom is 0.333 e. The summed E-state index contributed by atoms with van der Waals surface area (Å²) >= 11 is 0. The molecule has 1 aliphatic heterocycles. The molecule has 0 fully saturated rings. The smallest absolute Gasteiger partial charge is 0.333 e. The van der Waals surface area contributed by atoms with E-state index in [1.54, 1.807) is 0 Å². The van der Waals surface area contributed by atoms with Crippen molar-refractivity contribution in [3.05, 3.63) is 34.3 Å². The molecule has 0 saturated heterocycles. The molecular formula is C11H11NO5. The van der Waals surface area contributed by atoms with Gasteiger partial charge in [0, 0.05) is 12.1 Å². The van der Waals surface area contributed by atoms with Gasteiger partial charge in [-0.3, -0.25) is 9.36 Å². The third kappa shape index (κ3) is 1.67. The Morgan fingerprint density at radius 1 is 1.41 bits per heavy atom. The Hall–Kier alpha value is -2.24. The first-order valence-electron chi connectivity index (χ1n) is 4.88. The van der Waals surface area contributed by atoms with Crippen molar-refractivity contribution in [2.75, 3.05) is 14.2 Å². The zero-order valence-electron chi connectivity index (χ0n) is 9.34. The average molecular weight is 237 g/mol. The minimum atomic E-state index is -0.849. The van der Waals surface area contributed by atoms with Crippen LogP contribution in [-0.4, -0.2) is 29.9 Å². The zero-order valence-corrected chi connectivity index (χ0v) is 9.34. The van der Waals surface area contributed by atoms with Crippen LogP contribution in [-0.2, 0) is 14.3 Å². The monoisotopic (exact) mass is 237 g/mol. The number of carbonyl (C=O) groups is 1. The Balaban J connectivity index is 2.64. The van der Waals surface area contributed by atoms with Gasteiger partial charge in [0.15, 0.2) is 6.04 Å². The summed E-state index contributed by atoms with van der Waals surface area (Å²) < 4.78 is 10.9. The maximum atomic E-state index is 11.7. The molecule has 6 nitrogen and oxygen atoms in total. The number of pyridine rings is 1. The lowest BCUT2D eigenvalue weighted by molar-refractivity contribution is -0.143. The molecule has 2 rings (SSSR count). The van der Waals surface area contributed by atoms with Crippen molar-refractivity contribution in [1.29, 1.82) is 0 Å². The SMILES string of the molecule is COC(=O)[C@@H]1C=C(OC)c2cc(O)cc(=O)n21. The van der Waals surface area contributed by atoms with Crippen molar-refractivity contribution in [2.24, 2.45) is 0 Å². The van der Waals surface area contributed by atoms with E-state index in [0.29, 0.717) is 11.5 Å². The molecule has 90 valence electrons. The molecule has 6 heteroatoms. The van der Waals surface area contributed by atoms with Gasteiger partial charge in [-0.2, -0.15) is 0 Å². The quantitative estimate of drug-likeness (QED) is 0.747. The van der Waals surface area contributed by atoms with Gasteiger partial charge in [-0.15, -0.1) is 0 Å². The Labute approximate surface area is 96.7 Å². The third-order valence-electron chi connectivity index (χ3n) is 2.56. The highest BCUT2D eigenvalue weighted by Gasteiger charge is 2.31. The molecule has 1 aromatic heterocycles. The van der Waals surface area contributed by atoms with E-state index in [1.165, 1.54) is 30.9 Å². The van der Waals surface area contributed by atoms with E-state index < -0.39 is 17.6 Å². The van der Waals surface area contributed by atoms with Crippen molar-refractivity contribution in [2.45, 2.75) is 6.04 Å². The number of methoxy groups -OCH3 is 2. The topological polar surface area (TPSA) is 77.8 Å². The molecule has 1 atom stereocenters. The molecule has 0 spiro atoms. The summed E-state index contributed by atoms with van der Waals surface area (Å²) in [7, 11) is 2.66. The van der Waals surface area contributed by atoms with Crippen molar-refractivity contribution in [1.82, 2.24) is 4.57 Å². The van der Waals surface area contributed by atoms with Gasteiger partial charge in [-0.05, 0) is 6.08 Å². The van der Waals surface area contributed by atoms with E-state index in [0.717, 1.165) is 6.07 Å². The summed E-state index contributed by atoms with van der Waals surface area (Å²) in [6.07, 6.45) is 1.47. The number of rotatable bonds is 2. The lowest BCUT2D eigenvalue weighted by Crippen LogP contribution is -2.28. The highest BCUT2D eigenvalue weighted by atomic mass is 16.5. The number of nitrogens with zero attached hydrogens (tertiary/aromatic N) is 1. The van der Waals surface area contributed by atoms with E-state index >= 15 is 0 Å². The number of aromatic nitrogens is 1. The van der Waals surface area contributed by atoms with Crippen molar-refractivity contribution < 1.29 is 19.4 Å². The third-order valence-corrected chi connectivity index (χ3v) is 2.56. The molecule has 1 aliphatic rings. The van der Waals surface area contributed by atoms with Crippen LogP contribution in [0.4, 0.5) is 0 Å². The largest absolute Gasteiger partial charge is 0.508 e. The molecular weight excluding hydrogens is 226 g/mol. The van der Waals surface area contributed by atoms with E-state index in [9.17, 15) is 14.7 Å². The Morgan fingerprint density at radius 3 is 2.71 bits per heavy atom. The summed E-state index contributed by atoms with van der Waals surface area (Å²) in [5, 5.41) is 9.36. The maximum absolute atomic E-state index is 11.7. The molecule has 2 heterocycles. The fourth-order valence-corrected chi connectivity index (χ4v) is 1.81. The normalized spacial score (nSPS) is 17.3. The van der Waals surface area contributed by atoms with Crippen LogP contribution in [0.2, 0.25) is 0 Å². The lowest BCUT2D eigenvalue weighted by Gasteiger charge is -2.11. The van der Waals surface area contributed by atoms with E-state index in [-0.39, 0.29) is 5.75 Å². The predicted octanol–water partition coefficient (Wildman–Crippen LogP) is 0.269. The van der Waals surface area contributed by atoms with Crippen LogP contribution in [0.1, 0.15) is 11.7 Å². The first-order valence-corrected chi connectivity index (χ1v) is 4.88. The fraction of sp³-hybridized carbons (Fsp3) is 0.273. The van der Waals surface area contributed by atoms with Gasteiger partial charge in [0.25, 0.3) is 5.56 Å². The molecule has 1 aromatic rings.